The molecule has 0 saturated heterocycles. The Balaban J connectivity index is 1.49. The summed E-state index contributed by atoms with van der Waals surface area (Å²) in [5.41, 5.74) is 1.47. The van der Waals surface area contributed by atoms with E-state index in [1.165, 1.54) is 32.3 Å². The average molecular weight is 501 g/mol. The second-order valence-corrected chi connectivity index (χ2v) is 13.4. The zero-order chi connectivity index (χ0) is 26.4. The van der Waals surface area contributed by atoms with Gasteiger partial charge in [-0.15, -0.1) is 0 Å². The first-order chi connectivity index (χ1) is 16.9. The fourth-order valence-corrected chi connectivity index (χ4v) is 9.05. The molecule has 0 amide bonds. The van der Waals surface area contributed by atoms with Crippen molar-refractivity contribution in [3.63, 3.8) is 0 Å². The molecule has 0 N–H and O–H groups in total. The number of esters is 2. The Labute approximate surface area is 218 Å². The summed E-state index contributed by atoms with van der Waals surface area (Å²) < 4.78 is 11.2. The SMILES string of the molecule is CC(=O)O[C@H]1CC[C@@]2(C)C(=CC(=O)[C@@H]3[C@H]4CC[C@@H]([C@@H](C)CC[C@H](OC(C)=O)C(C)C)[C@@]4(C)CC[C@H]32)C1. The maximum atomic E-state index is 13.7. The molecule has 0 bridgehead atoms. The predicted octanol–water partition coefficient (Wildman–Crippen LogP) is 6.68. The van der Waals surface area contributed by atoms with Gasteiger partial charge in [0.05, 0.1) is 0 Å². The summed E-state index contributed by atoms with van der Waals surface area (Å²) in [4.78, 5) is 36.8. The van der Waals surface area contributed by atoms with Crippen molar-refractivity contribution in [1.29, 1.82) is 0 Å². The number of hydrogen-bond acceptors (Lipinski definition) is 5. The summed E-state index contributed by atoms with van der Waals surface area (Å²) >= 11 is 0. The van der Waals surface area contributed by atoms with Crippen LogP contribution in [0.5, 0.6) is 0 Å². The van der Waals surface area contributed by atoms with E-state index >= 15 is 0 Å². The van der Waals surface area contributed by atoms with E-state index in [9.17, 15) is 14.4 Å². The van der Waals surface area contributed by atoms with Crippen molar-refractivity contribution in [1.82, 2.24) is 0 Å². The average Bonchev–Trinajstić information content (AvgIpc) is 3.14. The standard InChI is InChI=1S/C31H48O5/c1-18(2)28(36-21(5)33)11-8-19(3)24-9-10-25-29-26(13-15-31(24,25)7)30(6)14-12-23(35-20(4)32)16-22(30)17-27(29)34/h17-19,23-26,28-29H,8-16H2,1-7H3/t19-,23-,24-,25+,26+,28-,29+,30-,31+/m0/s1. The van der Waals surface area contributed by atoms with Crippen LogP contribution in [0, 0.1) is 46.3 Å². The molecule has 4 aliphatic rings. The van der Waals surface area contributed by atoms with E-state index in [0.29, 0.717) is 41.8 Å². The normalized spacial score (nSPS) is 39.4. The van der Waals surface area contributed by atoms with Crippen LogP contribution in [0.25, 0.3) is 0 Å². The Hall–Kier alpha value is -1.65. The second kappa shape index (κ2) is 10.3. The highest BCUT2D eigenvalue weighted by Crippen LogP contribution is 2.66. The topological polar surface area (TPSA) is 69.7 Å². The molecule has 0 spiro atoms. The molecular formula is C31H48O5. The number of carbonyl (C=O) groups is 3. The van der Waals surface area contributed by atoms with Crippen LogP contribution in [0.2, 0.25) is 0 Å². The lowest BCUT2D eigenvalue weighted by molar-refractivity contribution is -0.150. The van der Waals surface area contributed by atoms with Crippen LogP contribution in [0.4, 0.5) is 0 Å². The number of ketones is 1. The van der Waals surface area contributed by atoms with Gasteiger partial charge in [0.2, 0.25) is 0 Å². The summed E-state index contributed by atoms with van der Waals surface area (Å²) in [6, 6.07) is 0. The molecule has 0 unspecified atom stereocenters. The Kier molecular flexibility index (Phi) is 7.80. The molecule has 36 heavy (non-hydrogen) atoms. The van der Waals surface area contributed by atoms with E-state index < -0.39 is 0 Å². The van der Waals surface area contributed by atoms with Gasteiger partial charge >= 0.3 is 11.9 Å². The molecule has 0 radical (unpaired) electrons. The minimum atomic E-state index is -0.226. The lowest BCUT2D eigenvalue weighted by Crippen LogP contribution is -2.53. The van der Waals surface area contributed by atoms with Crippen molar-refractivity contribution in [2.24, 2.45) is 46.3 Å². The minimum Gasteiger partial charge on any atom is -0.462 e. The molecule has 202 valence electrons. The smallest absolute Gasteiger partial charge is 0.302 e. The third-order valence-electron chi connectivity index (χ3n) is 11.0. The van der Waals surface area contributed by atoms with E-state index in [2.05, 4.69) is 34.6 Å². The Morgan fingerprint density at radius 3 is 2.33 bits per heavy atom. The number of rotatable bonds is 7. The van der Waals surface area contributed by atoms with Crippen LogP contribution in [-0.2, 0) is 23.9 Å². The van der Waals surface area contributed by atoms with Gasteiger partial charge in [-0.1, -0.05) is 40.2 Å². The van der Waals surface area contributed by atoms with Crippen molar-refractivity contribution >= 4 is 17.7 Å². The Morgan fingerprint density at radius 2 is 1.69 bits per heavy atom. The summed E-state index contributed by atoms with van der Waals surface area (Å²) in [6.45, 7) is 14.5. The van der Waals surface area contributed by atoms with Gasteiger partial charge in [0.25, 0.3) is 0 Å². The van der Waals surface area contributed by atoms with Gasteiger partial charge in [0.15, 0.2) is 5.78 Å². The molecule has 5 heteroatoms. The van der Waals surface area contributed by atoms with Crippen LogP contribution < -0.4 is 0 Å². The molecule has 0 aromatic rings. The molecule has 0 aromatic heterocycles. The van der Waals surface area contributed by atoms with Gasteiger partial charge in [-0.2, -0.15) is 0 Å². The number of allylic oxidation sites excluding steroid dienone is 1. The summed E-state index contributed by atoms with van der Waals surface area (Å²) in [5, 5.41) is 0. The molecule has 4 aliphatic carbocycles. The Morgan fingerprint density at radius 1 is 0.972 bits per heavy atom. The van der Waals surface area contributed by atoms with Crippen LogP contribution in [0.1, 0.15) is 106 Å². The number of hydrogen-bond donors (Lipinski definition) is 0. The summed E-state index contributed by atoms with van der Waals surface area (Å²) in [7, 11) is 0. The van der Waals surface area contributed by atoms with Gasteiger partial charge in [-0.05, 0) is 97.9 Å². The van der Waals surface area contributed by atoms with E-state index in [0.717, 1.165) is 38.5 Å². The molecule has 9 atom stereocenters. The largest absolute Gasteiger partial charge is 0.462 e. The Bertz CT molecular complexity index is 905. The van der Waals surface area contributed by atoms with Crippen LogP contribution in [-0.4, -0.2) is 29.9 Å². The minimum absolute atomic E-state index is 0.0174. The molecular weight excluding hydrogens is 452 g/mol. The number of fused-ring (bicyclic) bond motifs is 5. The lowest BCUT2D eigenvalue weighted by atomic mass is 9.46. The van der Waals surface area contributed by atoms with E-state index in [1.807, 2.05) is 6.08 Å². The number of carbonyl (C=O) groups excluding carboxylic acids is 3. The lowest BCUT2D eigenvalue weighted by Gasteiger charge is -2.57. The van der Waals surface area contributed by atoms with Crippen molar-refractivity contribution in [3.05, 3.63) is 11.6 Å². The van der Waals surface area contributed by atoms with Crippen LogP contribution in [0.3, 0.4) is 0 Å². The molecule has 0 aromatic carbocycles. The fourth-order valence-electron chi connectivity index (χ4n) is 9.05. The van der Waals surface area contributed by atoms with Gasteiger partial charge in [-0.3, -0.25) is 14.4 Å². The second-order valence-electron chi connectivity index (χ2n) is 13.4. The fraction of sp³-hybridized carbons (Fsp3) is 0.839. The van der Waals surface area contributed by atoms with Crippen molar-refractivity contribution in [3.8, 4) is 0 Å². The van der Waals surface area contributed by atoms with E-state index in [-0.39, 0.29) is 40.9 Å². The van der Waals surface area contributed by atoms with Crippen LogP contribution in [0.15, 0.2) is 11.6 Å². The van der Waals surface area contributed by atoms with Crippen LogP contribution >= 0.6 is 0 Å². The highest BCUT2D eigenvalue weighted by atomic mass is 16.5. The summed E-state index contributed by atoms with van der Waals surface area (Å²) in [5.74, 6) is 2.38. The molecule has 0 heterocycles. The molecule has 0 aliphatic heterocycles. The van der Waals surface area contributed by atoms with Gasteiger partial charge < -0.3 is 9.47 Å². The van der Waals surface area contributed by atoms with Crippen molar-refractivity contribution in [2.75, 3.05) is 0 Å². The van der Waals surface area contributed by atoms with Gasteiger partial charge in [0.1, 0.15) is 12.2 Å². The molecule has 3 saturated carbocycles. The molecule has 3 fully saturated rings. The zero-order valence-corrected chi connectivity index (χ0v) is 23.6. The molecule has 5 nitrogen and oxygen atoms in total. The maximum absolute atomic E-state index is 13.7. The maximum Gasteiger partial charge on any atom is 0.302 e. The van der Waals surface area contributed by atoms with Crippen molar-refractivity contribution < 1.29 is 23.9 Å². The highest BCUT2D eigenvalue weighted by Gasteiger charge is 2.61. The number of ether oxygens (including phenoxy) is 2. The highest BCUT2D eigenvalue weighted by molar-refractivity contribution is 5.94. The monoisotopic (exact) mass is 500 g/mol. The summed E-state index contributed by atoms with van der Waals surface area (Å²) in [6.07, 6.45) is 11.1. The van der Waals surface area contributed by atoms with E-state index in [4.69, 9.17) is 9.47 Å². The first kappa shape index (κ1) is 27.4. The zero-order valence-electron chi connectivity index (χ0n) is 23.6. The first-order valence-corrected chi connectivity index (χ1v) is 14.5. The van der Waals surface area contributed by atoms with Gasteiger partial charge in [0, 0.05) is 26.2 Å². The van der Waals surface area contributed by atoms with E-state index in [1.54, 1.807) is 0 Å². The third-order valence-corrected chi connectivity index (χ3v) is 11.0. The third kappa shape index (κ3) is 4.92. The quantitative estimate of drug-likeness (QED) is 0.365. The first-order valence-electron chi connectivity index (χ1n) is 14.5. The van der Waals surface area contributed by atoms with Crippen molar-refractivity contribution in [2.45, 2.75) is 118 Å². The molecule has 4 rings (SSSR count). The predicted molar refractivity (Wildman–Crippen MR) is 140 cm³/mol. The van der Waals surface area contributed by atoms with Gasteiger partial charge in [-0.25, -0.2) is 0 Å².